The first-order chi connectivity index (χ1) is 9.27. The molecule has 1 amide bonds. The molecule has 1 fully saturated rings. The predicted molar refractivity (Wildman–Crippen MR) is 77.3 cm³/mol. The molecular formula is C15H23N3O. The third-order valence-corrected chi connectivity index (χ3v) is 3.72. The average molecular weight is 261 g/mol. The van der Waals surface area contributed by atoms with Crippen molar-refractivity contribution in [1.29, 1.82) is 0 Å². The van der Waals surface area contributed by atoms with Crippen molar-refractivity contribution < 1.29 is 4.79 Å². The number of hydrogen-bond donors (Lipinski definition) is 1. The van der Waals surface area contributed by atoms with E-state index in [1.165, 1.54) is 0 Å². The van der Waals surface area contributed by atoms with Crippen LogP contribution in [0.3, 0.4) is 0 Å². The number of nitrogens with one attached hydrogen (secondary N) is 1. The first-order valence-electron chi connectivity index (χ1n) is 7.05. The Balaban J connectivity index is 2.17. The van der Waals surface area contributed by atoms with Crippen LogP contribution >= 0.6 is 0 Å². The van der Waals surface area contributed by atoms with Crippen molar-refractivity contribution in [3.05, 3.63) is 36.7 Å². The molecule has 4 heteroatoms. The Morgan fingerprint density at radius 2 is 2.32 bits per heavy atom. The number of aromatic nitrogens is 1. The zero-order chi connectivity index (χ0) is 13.7. The summed E-state index contributed by atoms with van der Waals surface area (Å²) >= 11 is 0. The molecule has 0 aliphatic carbocycles. The fourth-order valence-electron chi connectivity index (χ4n) is 2.65. The number of carbonyl (C=O) groups excluding carboxylic acids is 1. The Kier molecular flexibility index (Phi) is 4.80. The van der Waals surface area contributed by atoms with Crippen LogP contribution in [0.15, 0.2) is 31.0 Å². The molecular weight excluding hydrogens is 238 g/mol. The number of amides is 1. The van der Waals surface area contributed by atoms with Gasteiger partial charge in [0.1, 0.15) is 5.69 Å². The molecule has 1 saturated heterocycles. The Bertz CT molecular complexity index is 432. The van der Waals surface area contributed by atoms with Crippen LogP contribution in [0.5, 0.6) is 0 Å². The van der Waals surface area contributed by atoms with Gasteiger partial charge in [-0.3, -0.25) is 4.79 Å². The lowest BCUT2D eigenvalue weighted by atomic mass is 10.1. The van der Waals surface area contributed by atoms with E-state index in [9.17, 15) is 4.79 Å². The smallest absolute Gasteiger partial charge is 0.270 e. The van der Waals surface area contributed by atoms with Crippen LogP contribution in [0.1, 0.15) is 36.3 Å². The largest absolute Gasteiger partial charge is 0.340 e. The molecule has 0 bridgehead atoms. The minimum absolute atomic E-state index is 0.103. The van der Waals surface area contributed by atoms with E-state index in [2.05, 4.69) is 16.5 Å². The minimum Gasteiger partial charge on any atom is -0.340 e. The molecule has 0 unspecified atom stereocenters. The van der Waals surface area contributed by atoms with E-state index in [0.717, 1.165) is 31.6 Å². The van der Waals surface area contributed by atoms with Crippen molar-refractivity contribution >= 4 is 5.91 Å². The van der Waals surface area contributed by atoms with Crippen LogP contribution < -0.4 is 5.32 Å². The van der Waals surface area contributed by atoms with E-state index < -0.39 is 0 Å². The third-order valence-electron chi connectivity index (χ3n) is 3.72. The number of rotatable bonds is 5. The SMILES string of the molecule is C=CCN(CC)C(=O)c1cccn1C1CCNCC1. The van der Waals surface area contributed by atoms with Crippen molar-refractivity contribution in [2.75, 3.05) is 26.2 Å². The maximum Gasteiger partial charge on any atom is 0.270 e. The van der Waals surface area contributed by atoms with E-state index in [4.69, 9.17) is 0 Å². The molecule has 0 radical (unpaired) electrons. The van der Waals surface area contributed by atoms with Gasteiger partial charge in [-0.05, 0) is 45.0 Å². The zero-order valence-electron chi connectivity index (χ0n) is 11.6. The van der Waals surface area contributed by atoms with E-state index in [-0.39, 0.29) is 5.91 Å². The van der Waals surface area contributed by atoms with Crippen molar-refractivity contribution in [2.45, 2.75) is 25.8 Å². The molecule has 2 heterocycles. The Hall–Kier alpha value is -1.55. The molecule has 104 valence electrons. The van der Waals surface area contributed by atoms with Gasteiger partial charge < -0.3 is 14.8 Å². The van der Waals surface area contributed by atoms with Crippen LogP contribution in [-0.4, -0.2) is 41.6 Å². The van der Waals surface area contributed by atoms with Gasteiger partial charge in [0, 0.05) is 25.3 Å². The molecule has 0 atom stereocenters. The first kappa shape index (κ1) is 13.9. The molecule has 0 spiro atoms. The standard InChI is InChI=1S/C15H23N3O/c1-3-11-17(4-2)15(19)14-6-5-12-18(14)13-7-9-16-10-8-13/h3,5-6,12-13,16H,1,4,7-11H2,2H3. The average Bonchev–Trinajstić information content (AvgIpc) is 2.94. The van der Waals surface area contributed by atoms with Crippen molar-refractivity contribution in [3.63, 3.8) is 0 Å². The summed E-state index contributed by atoms with van der Waals surface area (Å²) in [5.41, 5.74) is 0.801. The number of hydrogen-bond acceptors (Lipinski definition) is 2. The molecule has 1 aliphatic rings. The summed E-state index contributed by atoms with van der Waals surface area (Å²) in [4.78, 5) is 14.4. The highest BCUT2D eigenvalue weighted by atomic mass is 16.2. The van der Waals surface area contributed by atoms with Gasteiger partial charge in [0.05, 0.1) is 0 Å². The summed E-state index contributed by atoms with van der Waals surface area (Å²) < 4.78 is 2.15. The molecule has 1 aromatic rings. The quantitative estimate of drug-likeness (QED) is 0.824. The summed E-state index contributed by atoms with van der Waals surface area (Å²) in [6, 6.07) is 4.34. The van der Waals surface area contributed by atoms with Gasteiger partial charge in [0.25, 0.3) is 5.91 Å². The van der Waals surface area contributed by atoms with Crippen molar-refractivity contribution in [2.24, 2.45) is 0 Å². The zero-order valence-corrected chi connectivity index (χ0v) is 11.6. The van der Waals surface area contributed by atoms with Crippen LogP contribution in [0.4, 0.5) is 0 Å². The molecule has 1 aliphatic heterocycles. The predicted octanol–water partition coefficient (Wildman–Crippen LogP) is 2.06. The Labute approximate surface area is 115 Å². The highest BCUT2D eigenvalue weighted by Crippen LogP contribution is 2.22. The minimum atomic E-state index is 0.103. The van der Waals surface area contributed by atoms with Gasteiger partial charge in [-0.25, -0.2) is 0 Å². The molecule has 1 aromatic heterocycles. The van der Waals surface area contributed by atoms with Gasteiger partial charge in [0.15, 0.2) is 0 Å². The summed E-state index contributed by atoms with van der Waals surface area (Å²) in [6.45, 7) is 9.09. The Morgan fingerprint density at radius 3 is 2.95 bits per heavy atom. The van der Waals surface area contributed by atoms with Gasteiger partial charge >= 0.3 is 0 Å². The highest BCUT2D eigenvalue weighted by Gasteiger charge is 2.22. The lowest BCUT2D eigenvalue weighted by Gasteiger charge is -2.27. The number of nitrogens with zero attached hydrogens (tertiary/aromatic N) is 2. The van der Waals surface area contributed by atoms with Gasteiger partial charge in [-0.1, -0.05) is 6.08 Å². The maximum absolute atomic E-state index is 12.5. The maximum atomic E-state index is 12.5. The Morgan fingerprint density at radius 1 is 1.58 bits per heavy atom. The van der Waals surface area contributed by atoms with Gasteiger partial charge in [-0.2, -0.15) is 0 Å². The summed E-state index contributed by atoms with van der Waals surface area (Å²) in [7, 11) is 0. The second kappa shape index (κ2) is 6.57. The second-order valence-electron chi connectivity index (χ2n) is 4.91. The molecule has 19 heavy (non-hydrogen) atoms. The monoisotopic (exact) mass is 261 g/mol. The fraction of sp³-hybridized carbons (Fsp3) is 0.533. The first-order valence-corrected chi connectivity index (χ1v) is 7.05. The van der Waals surface area contributed by atoms with Crippen LogP contribution in [-0.2, 0) is 0 Å². The normalized spacial score (nSPS) is 16.3. The molecule has 0 saturated carbocycles. The molecule has 4 nitrogen and oxygen atoms in total. The topological polar surface area (TPSA) is 37.3 Å². The van der Waals surface area contributed by atoms with Crippen LogP contribution in [0.25, 0.3) is 0 Å². The summed E-state index contributed by atoms with van der Waals surface area (Å²) in [5.74, 6) is 0.103. The summed E-state index contributed by atoms with van der Waals surface area (Å²) in [6.07, 6.45) is 5.98. The second-order valence-corrected chi connectivity index (χ2v) is 4.91. The van der Waals surface area contributed by atoms with Crippen LogP contribution in [0.2, 0.25) is 0 Å². The number of carbonyl (C=O) groups is 1. The van der Waals surface area contributed by atoms with Gasteiger partial charge in [-0.15, -0.1) is 6.58 Å². The fourth-order valence-corrected chi connectivity index (χ4v) is 2.65. The van der Waals surface area contributed by atoms with E-state index in [0.29, 0.717) is 19.1 Å². The van der Waals surface area contributed by atoms with Crippen molar-refractivity contribution in [3.8, 4) is 0 Å². The summed E-state index contributed by atoms with van der Waals surface area (Å²) in [5, 5.41) is 3.36. The van der Waals surface area contributed by atoms with E-state index >= 15 is 0 Å². The third kappa shape index (κ3) is 3.07. The molecule has 2 rings (SSSR count). The number of likely N-dealkylation sites (N-methyl/N-ethyl adjacent to an activating group) is 1. The lowest BCUT2D eigenvalue weighted by Crippen LogP contribution is -2.35. The highest BCUT2D eigenvalue weighted by molar-refractivity contribution is 5.93. The van der Waals surface area contributed by atoms with Gasteiger partial charge in [0.2, 0.25) is 0 Å². The van der Waals surface area contributed by atoms with E-state index in [1.807, 2.05) is 30.2 Å². The number of piperidine rings is 1. The molecule has 1 N–H and O–H groups in total. The van der Waals surface area contributed by atoms with E-state index in [1.54, 1.807) is 6.08 Å². The van der Waals surface area contributed by atoms with Crippen LogP contribution in [0, 0.1) is 0 Å². The molecule has 0 aromatic carbocycles. The van der Waals surface area contributed by atoms with Crippen molar-refractivity contribution in [1.82, 2.24) is 14.8 Å². The lowest BCUT2D eigenvalue weighted by molar-refractivity contribution is 0.0767.